The van der Waals surface area contributed by atoms with Crippen LogP contribution in [-0.4, -0.2) is 24.9 Å². The van der Waals surface area contributed by atoms with E-state index >= 15 is 0 Å². The smallest absolute Gasteiger partial charge is 0.408 e. The molecular weight excluding hydrogens is 452 g/mol. The number of carbonyl (C=O) groups is 2. The van der Waals surface area contributed by atoms with Gasteiger partial charge in [-0.15, -0.1) is 0 Å². The number of ether oxygens (including phenoxy) is 2. The maximum absolute atomic E-state index is 12.5. The van der Waals surface area contributed by atoms with E-state index in [-0.39, 0.29) is 6.61 Å². The van der Waals surface area contributed by atoms with E-state index in [0.717, 1.165) is 33.4 Å². The Labute approximate surface area is 215 Å². The van der Waals surface area contributed by atoms with Crippen LogP contribution in [-0.2, 0) is 20.6 Å². The third-order valence-electron chi connectivity index (χ3n) is 6.09. The zero-order valence-corrected chi connectivity index (χ0v) is 22.7. The molecule has 2 aromatic carbocycles. The Hall–Kier alpha value is -3.54. The standard InChI is InChI=1S/C30H40N2O4/c1-20(2)23-10-14-25(15-11-23)29(6,7)31-27(33)35-19-18-22(5)36-28(34)32-30(8,9)26-16-12-24(13-17-26)21(3)4/h10-17,22H,1,3,18-19H2,2,4-9H3,(H,31,33)(H,32,34). The zero-order valence-electron chi connectivity index (χ0n) is 22.7. The molecule has 194 valence electrons. The summed E-state index contributed by atoms with van der Waals surface area (Å²) in [4.78, 5) is 24.8. The van der Waals surface area contributed by atoms with Gasteiger partial charge in [0.25, 0.3) is 0 Å². The van der Waals surface area contributed by atoms with Crippen LogP contribution in [0.4, 0.5) is 9.59 Å². The van der Waals surface area contributed by atoms with Gasteiger partial charge in [0, 0.05) is 6.42 Å². The Kier molecular flexibility index (Phi) is 9.51. The van der Waals surface area contributed by atoms with E-state index in [1.54, 1.807) is 6.92 Å². The average Bonchev–Trinajstić information content (AvgIpc) is 2.78. The van der Waals surface area contributed by atoms with Gasteiger partial charge in [0.1, 0.15) is 6.10 Å². The molecule has 1 unspecified atom stereocenters. The molecule has 0 bridgehead atoms. The number of benzene rings is 2. The van der Waals surface area contributed by atoms with Gasteiger partial charge in [0.15, 0.2) is 0 Å². The predicted octanol–water partition coefficient (Wildman–Crippen LogP) is 7.15. The molecule has 2 N–H and O–H groups in total. The van der Waals surface area contributed by atoms with E-state index in [1.165, 1.54) is 0 Å². The van der Waals surface area contributed by atoms with Crippen LogP contribution in [0.3, 0.4) is 0 Å². The molecule has 2 rings (SSSR count). The van der Waals surface area contributed by atoms with Gasteiger partial charge < -0.3 is 20.1 Å². The number of rotatable bonds is 10. The van der Waals surface area contributed by atoms with Crippen molar-refractivity contribution in [1.29, 1.82) is 0 Å². The molecule has 0 fully saturated rings. The van der Waals surface area contributed by atoms with Crippen LogP contribution in [0, 0.1) is 0 Å². The Morgan fingerprint density at radius 1 is 0.778 bits per heavy atom. The lowest BCUT2D eigenvalue weighted by Gasteiger charge is -2.28. The van der Waals surface area contributed by atoms with Crippen molar-refractivity contribution in [2.45, 2.75) is 72.1 Å². The van der Waals surface area contributed by atoms with E-state index in [9.17, 15) is 9.59 Å². The first kappa shape index (κ1) is 28.7. The van der Waals surface area contributed by atoms with Crippen molar-refractivity contribution >= 4 is 23.3 Å². The first-order valence-corrected chi connectivity index (χ1v) is 12.2. The summed E-state index contributed by atoms with van der Waals surface area (Å²) in [5, 5.41) is 5.79. The van der Waals surface area contributed by atoms with Gasteiger partial charge in [-0.2, -0.15) is 0 Å². The number of alkyl carbamates (subject to hydrolysis) is 2. The first-order chi connectivity index (χ1) is 16.7. The highest BCUT2D eigenvalue weighted by atomic mass is 16.6. The lowest BCUT2D eigenvalue weighted by molar-refractivity contribution is 0.0750. The minimum absolute atomic E-state index is 0.122. The van der Waals surface area contributed by atoms with Gasteiger partial charge in [-0.3, -0.25) is 0 Å². The lowest BCUT2D eigenvalue weighted by Crippen LogP contribution is -2.42. The van der Waals surface area contributed by atoms with Crippen LogP contribution >= 0.6 is 0 Å². The van der Waals surface area contributed by atoms with Crippen LogP contribution in [0.1, 0.15) is 77.1 Å². The van der Waals surface area contributed by atoms with Crippen molar-refractivity contribution in [3.8, 4) is 0 Å². The molecule has 0 aliphatic carbocycles. The fraction of sp³-hybridized carbons (Fsp3) is 0.400. The van der Waals surface area contributed by atoms with E-state index in [2.05, 4.69) is 23.8 Å². The SMILES string of the molecule is C=C(C)c1ccc(C(C)(C)NC(=O)OCCC(C)OC(=O)NC(C)(C)c2ccc(C(=C)C)cc2)cc1. The second-order valence-corrected chi connectivity index (χ2v) is 10.4. The summed E-state index contributed by atoms with van der Waals surface area (Å²) in [5.74, 6) is 0. The Balaban J connectivity index is 1.79. The molecule has 0 aliphatic rings. The van der Waals surface area contributed by atoms with Crippen molar-refractivity contribution in [3.63, 3.8) is 0 Å². The molecule has 0 saturated heterocycles. The molecule has 36 heavy (non-hydrogen) atoms. The van der Waals surface area contributed by atoms with Gasteiger partial charge >= 0.3 is 12.2 Å². The summed E-state index contributed by atoms with van der Waals surface area (Å²) in [5.41, 5.74) is 4.76. The predicted molar refractivity (Wildman–Crippen MR) is 147 cm³/mol. The Bertz CT molecular complexity index is 1080. The molecule has 2 amide bonds. The normalized spacial score (nSPS) is 12.3. The third-order valence-corrected chi connectivity index (χ3v) is 6.09. The second-order valence-electron chi connectivity index (χ2n) is 10.4. The molecule has 0 aliphatic heterocycles. The van der Waals surface area contributed by atoms with Gasteiger partial charge in [0.05, 0.1) is 17.7 Å². The summed E-state index contributed by atoms with van der Waals surface area (Å²) >= 11 is 0. The molecule has 0 heterocycles. The van der Waals surface area contributed by atoms with E-state index < -0.39 is 29.4 Å². The fourth-order valence-electron chi connectivity index (χ4n) is 3.62. The lowest BCUT2D eigenvalue weighted by atomic mass is 9.93. The highest BCUT2D eigenvalue weighted by Gasteiger charge is 2.26. The topological polar surface area (TPSA) is 76.7 Å². The van der Waals surface area contributed by atoms with Gasteiger partial charge in [0.2, 0.25) is 0 Å². The van der Waals surface area contributed by atoms with Crippen molar-refractivity contribution in [3.05, 3.63) is 83.9 Å². The summed E-state index contributed by atoms with van der Waals surface area (Å²) in [6.07, 6.45) is -1.11. The maximum atomic E-state index is 12.5. The number of hydrogen-bond acceptors (Lipinski definition) is 4. The van der Waals surface area contributed by atoms with Crippen molar-refractivity contribution in [1.82, 2.24) is 10.6 Å². The van der Waals surface area contributed by atoms with Crippen LogP contribution < -0.4 is 10.6 Å². The van der Waals surface area contributed by atoms with E-state index in [4.69, 9.17) is 9.47 Å². The first-order valence-electron chi connectivity index (χ1n) is 12.2. The molecule has 6 nitrogen and oxygen atoms in total. The molecule has 1 atom stereocenters. The molecule has 6 heteroatoms. The zero-order chi connectivity index (χ0) is 27.1. The largest absolute Gasteiger partial charge is 0.449 e. The van der Waals surface area contributed by atoms with Crippen LogP contribution in [0.5, 0.6) is 0 Å². The fourth-order valence-corrected chi connectivity index (χ4v) is 3.62. The molecular formula is C30H40N2O4. The molecule has 0 saturated carbocycles. The number of hydrogen-bond donors (Lipinski definition) is 2. The van der Waals surface area contributed by atoms with Crippen LogP contribution in [0.25, 0.3) is 11.1 Å². The van der Waals surface area contributed by atoms with Crippen molar-refractivity contribution < 1.29 is 19.1 Å². The minimum Gasteiger partial charge on any atom is -0.449 e. The summed E-state index contributed by atoms with van der Waals surface area (Å²) in [6, 6.07) is 15.8. The van der Waals surface area contributed by atoms with Crippen molar-refractivity contribution in [2.75, 3.05) is 6.61 Å². The monoisotopic (exact) mass is 492 g/mol. The molecule has 0 radical (unpaired) electrons. The molecule has 2 aromatic rings. The van der Waals surface area contributed by atoms with Gasteiger partial charge in [-0.1, -0.05) is 72.8 Å². The van der Waals surface area contributed by atoms with Crippen LogP contribution in [0.15, 0.2) is 61.7 Å². The summed E-state index contributed by atoms with van der Waals surface area (Å²) < 4.78 is 10.8. The van der Waals surface area contributed by atoms with Gasteiger partial charge in [-0.25, -0.2) is 9.59 Å². The Morgan fingerprint density at radius 3 is 1.56 bits per heavy atom. The van der Waals surface area contributed by atoms with E-state index in [1.807, 2.05) is 90.1 Å². The highest BCUT2D eigenvalue weighted by Crippen LogP contribution is 2.24. The Morgan fingerprint density at radius 2 is 1.17 bits per heavy atom. The minimum atomic E-state index is -0.616. The second kappa shape index (κ2) is 11.9. The molecule has 0 aromatic heterocycles. The van der Waals surface area contributed by atoms with E-state index in [0.29, 0.717) is 6.42 Å². The quantitative estimate of drug-likeness (QED) is 0.369. The average molecular weight is 493 g/mol. The molecule has 0 spiro atoms. The number of allylic oxidation sites excluding steroid dienone is 2. The number of nitrogens with one attached hydrogen (secondary N) is 2. The number of amides is 2. The number of carbonyl (C=O) groups excluding carboxylic acids is 2. The highest BCUT2D eigenvalue weighted by molar-refractivity contribution is 5.70. The third kappa shape index (κ3) is 8.29. The maximum Gasteiger partial charge on any atom is 0.408 e. The van der Waals surface area contributed by atoms with Crippen LogP contribution in [0.2, 0.25) is 0 Å². The van der Waals surface area contributed by atoms with Gasteiger partial charge in [-0.05, 0) is 70.7 Å². The van der Waals surface area contributed by atoms with Crippen molar-refractivity contribution in [2.24, 2.45) is 0 Å². The summed E-state index contributed by atoms with van der Waals surface area (Å²) in [6.45, 7) is 21.3. The summed E-state index contributed by atoms with van der Waals surface area (Å²) in [7, 11) is 0.